The zero-order valence-electron chi connectivity index (χ0n) is 10.9. The van der Waals surface area contributed by atoms with Crippen molar-refractivity contribution in [3.8, 4) is 0 Å². The van der Waals surface area contributed by atoms with E-state index in [4.69, 9.17) is 5.73 Å². The van der Waals surface area contributed by atoms with Gasteiger partial charge in [0.05, 0.1) is 6.54 Å². The maximum Gasteiger partial charge on any atom is 0.265 e. The van der Waals surface area contributed by atoms with E-state index in [2.05, 4.69) is 15.6 Å². The molecule has 1 aliphatic carbocycles. The van der Waals surface area contributed by atoms with Crippen LogP contribution >= 0.6 is 22.7 Å². The Hall–Kier alpha value is -1.60. The molecule has 1 aliphatic rings. The number of carbonyl (C=O) groups is 1. The summed E-state index contributed by atoms with van der Waals surface area (Å²) in [5.41, 5.74) is 5.83. The lowest BCUT2D eigenvalue weighted by Gasteiger charge is -2.25. The molecule has 0 aliphatic heterocycles. The Morgan fingerprint density at radius 3 is 3.00 bits per heavy atom. The monoisotopic (exact) mass is 308 g/mol. The van der Waals surface area contributed by atoms with Gasteiger partial charge < -0.3 is 16.4 Å². The average Bonchev–Trinajstić information content (AvgIpc) is 3.00. The summed E-state index contributed by atoms with van der Waals surface area (Å²) in [5, 5.41) is 8.92. The van der Waals surface area contributed by atoms with E-state index in [0.717, 1.165) is 10.0 Å². The van der Waals surface area contributed by atoms with Crippen LogP contribution in [0.5, 0.6) is 0 Å². The number of nitrogens with two attached hydrogens (primary N) is 1. The SMILES string of the molecule is Nc1nc(NC2CCC2)sc1C(=O)NCc1cccs1. The summed E-state index contributed by atoms with van der Waals surface area (Å²) in [6.07, 6.45) is 3.59. The van der Waals surface area contributed by atoms with Gasteiger partial charge in [-0.25, -0.2) is 4.98 Å². The van der Waals surface area contributed by atoms with Gasteiger partial charge in [0.25, 0.3) is 5.91 Å². The number of nitrogens with zero attached hydrogens (tertiary/aromatic N) is 1. The molecule has 4 N–H and O–H groups in total. The number of hydrogen-bond donors (Lipinski definition) is 3. The molecule has 0 spiro atoms. The van der Waals surface area contributed by atoms with Crippen molar-refractivity contribution in [1.29, 1.82) is 0 Å². The number of hydrogen-bond acceptors (Lipinski definition) is 6. The van der Waals surface area contributed by atoms with Crippen molar-refractivity contribution in [2.75, 3.05) is 11.1 Å². The molecule has 0 saturated heterocycles. The lowest BCUT2D eigenvalue weighted by atomic mass is 9.93. The fourth-order valence-corrected chi connectivity index (χ4v) is 3.47. The summed E-state index contributed by atoms with van der Waals surface area (Å²) in [6.45, 7) is 0.527. The molecule has 1 fully saturated rings. The van der Waals surface area contributed by atoms with E-state index in [9.17, 15) is 4.79 Å². The van der Waals surface area contributed by atoms with Crippen molar-refractivity contribution in [2.45, 2.75) is 31.8 Å². The standard InChI is InChI=1S/C13H16N4OS2/c14-11-10(12(18)15-7-9-5-2-6-19-9)20-13(17-11)16-8-3-1-4-8/h2,5-6,8H,1,3-4,7,14H2,(H,15,18)(H,16,17). The van der Waals surface area contributed by atoms with Crippen LogP contribution in [0.3, 0.4) is 0 Å². The maximum atomic E-state index is 12.1. The molecular weight excluding hydrogens is 292 g/mol. The Bertz CT molecular complexity index is 590. The highest BCUT2D eigenvalue weighted by molar-refractivity contribution is 7.18. The van der Waals surface area contributed by atoms with Crippen LogP contribution in [0.1, 0.15) is 33.8 Å². The normalized spacial score (nSPS) is 14.8. The second kappa shape index (κ2) is 5.80. The summed E-state index contributed by atoms with van der Waals surface area (Å²) in [7, 11) is 0. The third-order valence-corrected chi connectivity index (χ3v) is 5.17. The predicted octanol–water partition coefficient (Wildman–Crippen LogP) is 2.68. The number of carbonyl (C=O) groups excluding carboxylic acids is 1. The topological polar surface area (TPSA) is 80.0 Å². The fourth-order valence-electron chi connectivity index (χ4n) is 1.94. The molecule has 2 aromatic heterocycles. The molecule has 7 heteroatoms. The summed E-state index contributed by atoms with van der Waals surface area (Å²) in [6, 6.07) is 4.45. The fraction of sp³-hybridized carbons (Fsp3) is 0.385. The number of amides is 1. The van der Waals surface area contributed by atoms with Crippen LogP contribution in [-0.4, -0.2) is 16.9 Å². The minimum absolute atomic E-state index is 0.157. The Kier molecular flexibility index (Phi) is 3.88. The first-order chi connectivity index (χ1) is 9.72. The third-order valence-electron chi connectivity index (χ3n) is 3.30. The molecule has 0 unspecified atom stereocenters. The summed E-state index contributed by atoms with van der Waals surface area (Å²) in [4.78, 5) is 17.9. The van der Waals surface area contributed by atoms with Crippen molar-refractivity contribution in [3.05, 3.63) is 27.3 Å². The Balaban J connectivity index is 1.61. The van der Waals surface area contributed by atoms with Crippen LogP contribution in [0, 0.1) is 0 Å². The van der Waals surface area contributed by atoms with E-state index in [1.165, 1.54) is 30.6 Å². The number of nitrogen functional groups attached to an aromatic ring is 1. The molecule has 5 nitrogen and oxygen atoms in total. The first-order valence-electron chi connectivity index (χ1n) is 6.56. The molecule has 20 heavy (non-hydrogen) atoms. The van der Waals surface area contributed by atoms with E-state index in [-0.39, 0.29) is 5.91 Å². The van der Waals surface area contributed by atoms with Crippen LogP contribution in [0.4, 0.5) is 10.9 Å². The van der Waals surface area contributed by atoms with Crippen LogP contribution < -0.4 is 16.4 Å². The number of thiophene rings is 1. The Labute approximate surface area is 125 Å². The molecule has 0 bridgehead atoms. The summed E-state index contributed by atoms with van der Waals surface area (Å²) < 4.78 is 0. The van der Waals surface area contributed by atoms with E-state index in [0.29, 0.717) is 23.3 Å². The zero-order valence-corrected chi connectivity index (χ0v) is 12.5. The highest BCUT2D eigenvalue weighted by Crippen LogP contribution is 2.29. The molecule has 106 valence electrons. The zero-order chi connectivity index (χ0) is 13.9. The number of nitrogens with one attached hydrogen (secondary N) is 2. The number of thiazole rings is 1. The predicted molar refractivity (Wildman–Crippen MR) is 83.3 cm³/mol. The van der Waals surface area contributed by atoms with Gasteiger partial charge >= 0.3 is 0 Å². The van der Waals surface area contributed by atoms with Crippen LogP contribution in [0.15, 0.2) is 17.5 Å². The van der Waals surface area contributed by atoms with Gasteiger partial charge in [-0.05, 0) is 30.7 Å². The molecule has 2 heterocycles. The second-order valence-electron chi connectivity index (χ2n) is 4.77. The van der Waals surface area contributed by atoms with E-state index < -0.39 is 0 Å². The van der Waals surface area contributed by atoms with Gasteiger partial charge in [0.1, 0.15) is 10.7 Å². The average molecular weight is 308 g/mol. The molecular formula is C13H16N4OS2. The first kappa shape index (κ1) is 13.4. The molecule has 2 aromatic rings. The largest absolute Gasteiger partial charge is 0.382 e. The minimum atomic E-state index is -0.157. The van der Waals surface area contributed by atoms with Crippen molar-refractivity contribution < 1.29 is 4.79 Å². The van der Waals surface area contributed by atoms with Gasteiger partial charge in [0, 0.05) is 10.9 Å². The third kappa shape index (κ3) is 2.94. The van der Waals surface area contributed by atoms with Crippen LogP contribution in [-0.2, 0) is 6.54 Å². The van der Waals surface area contributed by atoms with Crippen molar-refractivity contribution >= 4 is 39.5 Å². The molecule has 1 amide bonds. The number of aromatic nitrogens is 1. The van der Waals surface area contributed by atoms with Gasteiger partial charge in [0.15, 0.2) is 5.13 Å². The summed E-state index contributed by atoms with van der Waals surface area (Å²) in [5.74, 6) is 0.149. The van der Waals surface area contributed by atoms with E-state index in [1.807, 2.05) is 17.5 Å². The lowest BCUT2D eigenvalue weighted by molar-refractivity contribution is 0.0956. The summed E-state index contributed by atoms with van der Waals surface area (Å²) >= 11 is 2.94. The number of anilines is 2. The Morgan fingerprint density at radius 2 is 2.35 bits per heavy atom. The van der Waals surface area contributed by atoms with Gasteiger partial charge in [0.2, 0.25) is 0 Å². The van der Waals surface area contributed by atoms with Crippen molar-refractivity contribution in [3.63, 3.8) is 0 Å². The molecule has 0 atom stereocenters. The van der Waals surface area contributed by atoms with E-state index in [1.54, 1.807) is 11.3 Å². The Morgan fingerprint density at radius 1 is 1.50 bits per heavy atom. The van der Waals surface area contributed by atoms with Crippen LogP contribution in [0.2, 0.25) is 0 Å². The van der Waals surface area contributed by atoms with Crippen molar-refractivity contribution in [1.82, 2.24) is 10.3 Å². The smallest absolute Gasteiger partial charge is 0.265 e. The quantitative estimate of drug-likeness (QED) is 0.793. The first-order valence-corrected chi connectivity index (χ1v) is 8.25. The molecule has 1 saturated carbocycles. The van der Waals surface area contributed by atoms with E-state index >= 15 is 0 Å². The molecule has 3 rings (SSSR count). The highest BCUT2D eigenvalue weighted by atomic mass is 32.1. The van der Waals surface area contributed by atoms with Crippen LogP contribution in [0.25, 0.3) is 0 Å². The minimum Gasteiger partial charge on any atom is -0.382 e. The van der Waals surface area contributed by atoms with Crippen molar-refractivity contribution in [2.24, 2.45) is 0 Å². The maximum absolute atomic E-state index is 12.1. The molecule has 0 aromatic carbocycles. The van der Waals surface area contributed by atoms with Gasteiger partial charge in [-0.2, -0.15) is 0 Å². The van der Waals surface area contributed by atoms with Gasteiger partial charge in [-0.1, -0.05) is 17.4 Å². The second-order valence-corrected chi connectivity index (χ2v) is 6.80. The lowest BCUT2D eigenvalue weighted by Crippen LogP contribution is -2.26. The van der Waals surface area contributed by atoms with Gasteiger partial charge in [-0.15, -0.1) is 11.3 Å². The molecule has 0 radical (unpaired) electrons. The highest BCUT2D eigenvalue weighted by Gasteiger charge is 2.21. The number of rotatable bonds is 5. The van der Waals surface area contributed by atoms with Gasteiger partial charge in [-0.3, -0.25) is 4.79 Å².